The largest absolute Gasteiger partial charge is 0.491 e. The molecule has 21 heavy (non-hydrogen) atoms. The lowest BCUT2D eigenvalue weighted by atomic mass is 9.87. The maximum absolute atomic E-state index is 6.11. The van der Waals surface area contributed by atoms with Crippen LogP contribution in [0.2, 0.25) is 0 Å². The molecule has 1 aromatic carbocycles. The SMILES string of the molecule is CNC1CCCc2c(OCC3CN(C)CCO3)cccc21. The highest BCUT2D eigenvalue weighted by Gasteiger charge is 2.23. The number of nitrogens with zero attached hydrogens (tertiary/aromatic N) is 1. The molecule has 4 heteroatoms. The zero-order valence-corrected chi connectivity index (χ0v) is 13.1. The van der Waals surface area contributed by atoms with Crippen LogP contribution in [0.1, 0.15) is 30.0 Å². The van der Waals surface area contributed by atoms with Crippen LogP contribution in [0.15, 0.2) is 18.2 Å². The summed E-state index contributed by atoms with van der Waals surface area (Å²) in [5.74, 6) is 1.05. The molecule has 1 N–H and O–H groups in total. The van der Waals surface area contributed by atoms with Crippen LogP contribution in [-0.4, -0.2) is 51.4 Å². The Hall–Kier alpha value is -1.10. The fourth-order valence-corrected chi connectivity index (χ4v) is 3.40. The van der Waals surface area contributed by atoms with Crippen molar-refractivity contribution < 1.29 is 9.47 Å². The summed E-state index contributed by atoms with van der Waals surface area (Å²) in [6.07, 6.45) is 3.74. The fraction of sp³-hybridized carbons (Fsp3) is 0.647. The van der Waals surface area contributed by atoms with Crippen molar-refractivity contribution in [2.24, 2.45) is 0 Å². The number of morpholine rings is 1. The third-order valence-electron chi connectivity index (χ3n) is 4.58. The van der Waals surface area contributed by atoms with Crippen LogP contribution < -0.4 is 10.1 Å². The van der Waals surface area contributed by atoms with Gasteiger partial charge in [0.05, 0.1) is 6.61 Å². The van der Waals surface area contributed by atoms with Gasteiger partial charge in [0.1, 0.15) is 18.5 Å². The van der Waals surface area contributed by atoms with Crippen molar-refractivity contribution >= 4 is 0 Å². The second kappa shape index (κ2) is 6.77. The van der Waals surface area contributed by atoms with Crippen molar-refractivity contribution in [2.45, 2.75) is 31.4 Å². The van der Waals surface area contributed by atoms with Crippen molar-refractivity contribution in [3.63, 3.8) is 0 Å². The van der Waals surface area contributed by atoms with E-state index in [0.29, 0.717) is 12.6 Å². The Balaban J connectivity index is 1.68. The number of benzene rings is 1. The van der Waals surface area contributed by atoms with Crippen LogP contribution >= 0.6 is 0 Å². The molecule has 1 aliphatic heterocycles. The van der Waals surface area contributed by atoms with E-state index in [1.807, 2.05) is 7.05 Å². The Bertz CT molecular complexity index is 478. The molecule has 2 unspecified atom stereocenters. The Labute approximate surface area is 127 Å². The molecule has 0 amide bonds. The Kier molecular flexibility index (Phi) is 4.78. The molecule has 0 saturated carbocycles. The second-order valence-corrected chi connectivity index (χ2v) is 6.12. The number of hydrogen-bond acceptors (Lipinski definition) is 4. The van der Waals surface area contributed by atoms with Gasteiger partial charge in [-0.05, 0) is 50.6 Å². The number of hydrogen-bond donors (Lipinski definition) is 1. The fourth-order valence-electron chi connectivity index (χ4n) is 3.40. The summed E-state index contributed by atoms with van der Waals surface area (Å²) in [5.41, 5.74) is 2.79. The molecule has 2 atom stereocenters. The molecule has 0 radical (unpaired) electrons. The summed E-state index contributed by atoms with van der Waals surface area (Å²) in [7, 11) is 4.18. The summed E-state index contributed by atoms with van der Waals surface area (Å²) in [6.45, 7) is 3.42. The predicted molar refractivity (Wildman–Crippen MR) is 83.9 cm³/mol. The van der Waals surface area contributed by atoms with Crippen molar-refractivity contribution in [3.8, 4) is 5.75 Å². The highest BCUT2D eigenvalue weighted by atomic mass is 16.5. The molecule has 4 nitrogen and oxygen atoms in total. The van der Waals surface area contributed by atoms with Gasteiger partial charge >= 0.3 is 0 Å². The Morgan fingerprint density at radius 2 is 2.33 bits per heavy atom. The summed E-state index contributed by atoms with van der Waals surface area (Å²) in [4.78, 5) is 2.30. The molecule has 3 rings (SSSR count). The first-order chi connectivity index (χ1) is 10.3. The third-order valence-corrected chi connectivity index (χ3v) is 4.58. The third kappa shape index (κ3) is 3.39. The molecular formula is C17H26N2O2. The molecule has 116 valence electrons. The highest BCUT2D eigenvalue weighted by Crippen LogP contribution is 2.35. The average molecular weight is 290 g/mol. The van der Waals surface area contributed by atoms with Gasteiger partial charge in [-0.3, -0.25) is 0 Å². The molecule has 1 saturated heterocycles. The highest BCUT2D eigenvalue weighted by molar-refractivity contribution is 5.43. The van der Waals surface area contributed by atoms with Crippen LogP contribution in [0.3, 0.4) is 0 Å². The first-order valence-electron chi connectivity index (χ1n) is 8.00. The van der Waals surface area contributed by atoms with Crippen LogP contribution in [-0.2, 0) is 11.2 Å². The zero-order valence-electron chi connectivity index (χ0n) is 13.1. The van der Waals surface area contributed by atoms with Crippen LogP contribution in [0.5, 0.6) is 5.75 Å². The zero-order chi connectivity index (χ0) is 14.7. The van der Waals surface area contributed by atoms with Gasteiger partial charge in [-0.25, -0.2) is 0 Å². The Morgan fingerprint density at radius 1 is 1.43 bits per heavy atom. The minimum atomic E-state index is 0.184. The van der Waals surface area contributed by atoms with Gasteiger partial charge in [0, 0.05) is 19.1 Å². The summed E-state index contributed by atoms with van der Waals surface area (Å²) < 4.78 is 11.9. The first kappa shape index (κ1) is 14.8. The van der Waals surface area contributed by atoms with E-state index < -0.39 is 0 Å². The Morgan fingerprint density at radius 3 is 3.14 bits per heavy atom. The van der Waals surface area contributed by atoms with Gasteiger partial charge in [0.2, 0.25) is 0 Å². The van der Waals surface area contributed by atoms with E-state index in [1.165, 1.54) is 24.0 Å². The number of fused-ring (bicyclic) bond motifs is 1. The molecule has 2 aliphatic rings. The molecule has 0 spiro atoms. The van der Waals surface area contributed by atoms with Crippen molar-refractivity contribution in [3.05, 3.63) is 29.3 Å². The van der Waals surface area contributed by atoms with Gasteiger partial charge in [0.25, 0.3) is 0 Å². The summed E-state index contributed by atoms with van der Waals surface area (Å²) >= 11 is 0. The summed E-state index contributed by atoms with van der Waals surface area (Å²) in [5, 5.41) is 3.41. The topological polar surface area (TPSA) is 33.7 Å². The van der Waals surface area contributed by atoms with E-state index in [4.69, 9.17) is 9.47 Å². The number of nitrogens with one attached hydrogen (secondary N) is 1. The van der Waals surface area contributed by atoms with Crippen LogP contribution in [0.4, 0.5) is 0 Å². The predicted octanol–water partition coefficient (Wildman–Crippen LogP) is 1.99. The molecule has 1 aliphatic carbocycles. The van der Waals surface area contributed by atoms with Crippen LogP contribution in [0, 0.1) is 0 Å². The van der Waals surface area contributed by atoms with Crippen molar-refractivity contribution in [2.75, 3.05) is 40.4 Å². The van der Waals surface area contributed by atoms with E-state index in [0.717, 1.165) is 31.9 Å². The van der Waals surface area contributed by atoms with Crippen LogP contribution in [0.25, 0.3) is 0 Å². The first-order valence-corrected chi connectivity index (χ1v) is 8.00. The number of ether oxygens (including phenoxy) is 2. The monoisotopic (exact) mass is 290 g/mol. The van der Waals surface area contributed by atoms with E-state index >= 15 is 0 Å². The standard InChI is InChI=1S/C17H26N2O2/c1-18-16-7-3-6-15-14(16)5-4-8-17(15)21-12-13-11-19(2)9-10-20-13/h4-5,8,13,16,18H,3,6-7,9-12H2,1-2H3. The quantitative estimate of drug-likeness (QED) is 0.919. The summed E-state index contributed by atoms with van der Waals surface area (Å²) in [6, 6.07) is 6.91. The second-order valence-electron chi connectivity index (χ2n) is 6.12. The minimum Gasteiger partial charge on any atom is -0.491 e. The van der Waals surface area contributed by atoms with Gasteiger partial charge in [-0.15, -0.1) is 0 Å². The molecule has 0 bridgehead atoms. The lowest BCUT2D eigenvalue weighted by Crippen LogP contribution is -2.42. The molecule has 0 aromatic heterocycles. The van der Waals surface area contributed by atoms with Gasteiger partial charge in [-0.1, -0.05) is 12.1 Å². The van der Waals surface area contributed by atoms with Crippen molar-refractivity contribution in [1.82, 2.24) is 10.2 Å². The molecular weight excluding hydrogens is 264 g/mol. The average Bonchev–Trinajstić information content (AvgIpc) is 2.52. The lowest BCUT2D eigenvalue weighted by Gasteiger charge is -2.31. The maximum Gasteiger partial charge on any atom is 0.122 e. The normalized spacial score (nSPS) is 26.4. The maximum atomic E-state index is 6.11. The molecule has 1 fully saturated rings. The van der Waals surface area contributed by atoms with Gasteiger partial charge < -0.3 is 19.7 Å². The van der Waals surface area contributed by atoms with E-state index in [1.54, 1.807) is 0 Å². The van der Waals surface area contributed by atoms with E-state index in [2.05, 4.69) is 35.5 Å². The number of rotatable bonds is 4. The minimum absolute atomic E-state index is 0.184. The van der Waals surface area contributed by atoms with E-state index in [9.17, 15) is 0 Å². The molecule has 1 aromatic rings. The smallest absolute Gasteiger partial charge is 0.122 e. The van der Waals surface area contributed by atoms with Gasteiger partial charge in [0.15, 0.2) is 0 Å². The lowest BCUT2D eigenvalue weighted by molar-refractivity contribution is -0.0405. The molecule has 1 heterocycles. The van der Waals surface area contributed by atoms with E-state index in [-0.39, 0.29) is 6.10 Å². The number of likely N-dealkylation sites (N-methyl/N-ethyl adjacent to an activating group) is 1. The van der Waals surface area contributed by atoms with Gasteiger partial charge in [-0.2, -0.15) is 0 Å². The van der Waals surface area contributed by atoms with Crippen molar-refractivity contribution in [1.29, 1.82) is 0 Å².